The Bertz CT molecular complexity index is 995. The maximum atomic E-state index is 12.3. The van der Waals surface area contributed by atoms with Gasteiger partial charge in [-0.1, -0.05) is 42.1 Å². The van der Waals surface area contributed by atoms with Gasteiger partial charge in [0.2, 0.25) is 0 Å². The number of hydrogen-bond donors (Lipinski definition) is 0. The van der Waals surface area contributed by atoms with Gasteiger partial charge in [0.05, 0.1) is 21.8 Å². The molecular formula is C19H11BrN2O3S. The standard InChI is InChI=1S/C19H11BrN2O3S/c20-16-10-12(25-19(16)26-13-6-2-1-3-7-13)11-21-22-17(23)14-8-4-5-9-15(14)18(22)24/h1-11H/b21-11-. The van der Waals surface area contributed by atoms with Crippen LogP contribution in [0.3, 0.4) is 0 Å². The Morgan fingerprint density at radius 3 is 2.23 bits per heavy atom. The molecule has 0 N–H and O–H groups in total. The molecule has 0 fully saturated rings. The first kappa shape index (κ1) is 16.8. The van der Waals surface area contributed by atoms with Crippen molar-refractivity contribution in [3.63, 3.8) is 0 Å². The molecule has 2 aromatic carbocycles. The number of nitrogens with zero attached hydrogens (tertiary/aromatic N) is 2. The molecule has 0 unspecified atom stereocenters. The number of benzene rings is 2. The summed E-state index contributed by atoms with van der Waals surface area (Å²) in [6.45, 7) is 0. The summed E-state index contributed by atoms with van der Waals surface area (Å²) >= 11 is 4.91. The minimum Gasteiger partial charge on any atom is -0.447 e. The average Bonchev–Trinajstić information content (AvgIpc) is 3.12. The van der Waals surface area contributed by atoms with Crippen molar-refractivity contribution in [1.29, 1.82) is 0 Å². The summed E-state index contributed by atoms with van der Waals surface area (Å²) in [6, 6.07) is 18.2. The highest BCUT2D eigenvalue weighted by Gasteiger charge is 2.35. The molecule has 0 spiro atoms. The third-order valence-electron chi connectivity index (χ3n) is 3.70. The Hall–Kier alpha value is -2.64. The second-order valence-electron chi connectivity index (χ2n) is 5.41. The average molecular weight is 427 g/mol. The molecule has 1 aliphatic heterocycles. The van der Waals surface area contributed by atoms with E-state index in [-0.39, 0.29) is 0 Å². The molecule has 0 radical (unpaired) electrons. The maximum absolute atomic E-state index is 12.3. The van der Waals surface area contributed by atoms with Gasteiger partial charge >= 0.3 is 0 Å². The number of hydrogen-bond acceptors (Lipinski definition) is 5. The molecule has 2 amide bonds. The summed E-state index contributed by atoms with van der Waals surface area (Å²) in [5.74, 6) is -0.440. The predicted octanol–water partition coefficient (Wildman–Crippen LogP) is 4.82. The lowest BCUT2D eigenvalue weighted by Gasteiger charge is -2.04. The molecule has 0 saturated carbocycles. The van der Waals surface area contributed by atoms with E-state index >= 15 is 0 Å². The molecular weight excluding hydrogens is 416 g/mol. The van der Waals surface area contributed by atoms with Crippen molar-refractivity contribution in [2.24, 2.45) is 5.10 Å². The van der Waals surface area contributed by atoms with Crippen molar-refractivity contribution < 1.29 is 14.0 Å². The van der Waals surface area contributed by atoms with Gasteiger partial charge in [-0.3, -0.25) is 9.59 Å². The van der Waals surface area contributed by atoms with Crippen LogP contribution in [0, 0.1) is 0 Å². The lowest BCUT2D eigenvalue weighted by Crippen LogP contribution is -2.23. The van der Waals surface area contributed by atoms with Crippen LogP contribution in [0.1, 0.15) is 26.5 Å². The van der Waals surface area contributed by atoms with E-state index in [4.69, 9.17) is 4.42 Å². The first-order valence-electron chi connectivity index (χ1n) is 7.67. The number of rotatable bonds is 4. The summed E-state index contributed by atoms with van der Waals surface area (Å²) in [7, 11) is 0. The summed E-state index contributed by atoms with van der Waals surface area (Å²) < 4.78 is 6.52. The third kappa shape index (κ3) is 3.11. The van der Waals surface area contributed by atoms with Gasteiger partial charge in [0.15, 0.2) is 5.09 Å². The van der Waals surface area contributed by atoms with E-state index in [1.807, 2.05) is 30.3 Å². The molecule has 1 aromatic heterocycles. The van der Waals surface area contributed by atoms with Crippen LogP contribution in [-0.4, -0.2) is 23.0 Å². The largest absolute Gasteiger partial charge is 0.447 e. The van der Waals surface area contributed by atoms with Gasteiger partial charge in [-0.15, -0.1) is 0 Å². The highest BCUT2D eigenvalue weighted by atomic mass is 79.9. The fourth-order valence-electron chi connectivity index (χ4n) is 2.49. The van der Waals surface area contributed by atoms with E-state index in [0.29, 0.717) is 22.0 Å². The number of imide groups is 1. The summed E-state index contributed by atoms with van der Waals surface area (Å²) in [5.41, 5.74) is 0.714. The van der Waals surface area contributed by atoms with Gasteiger partial charge < -0.3 is 4.42 Å². The third-order valence-corrected chi connectivity index (χ3v) is 5.55. The van der Waals surface area contributed by atoms with Crippen molar-refractivity contribution in [2.75, 3.05) is 0 Å². The number of halogens is 1. The van der Waals surface area contributed by atoms with Crippen LogP contribution < -0.4 is 0 Å². The second-order valence-corrected chi connectivity index (χ2v) is 7.31. The first-order chi connectivity index (χ1) is 12.6. The predicted molar refractivity (Wildman–Crippen MR) is 102 cm³/mol. The van der Waals surface area contributed by atoms with E-state index in [0.717, 1.165) is 14.4 Å². The summed E-state index contributed by atoms with van der Waals surface area (Å²) in [6.07, 6.45) is 1.36. The number of hydrazone groups is 1. The van der Waals surface area contributed by atoms with Crippen LogP contribution in [0.5, 0.6) is 0 Å². The number of carbonyl (C=O) groups excluding carboxylic acids is 2. The van der Waals surface area contributed by atoms with Crippen molar-refractivity contribution in [3.8, 4) is 0 Å². The SMILES string of the molecule is O=C1c2ccccc2C(=O)N1/N=C\c1cc(Br)c(Sc2ccccc2)o1. The Morgan fingerprint density at radius 2 is 1.58 bits per heavy atom. The molecule has 128 valence electrons. The fraction of sp³-hybridized carbons (Fsp3) is 0. The van der Waals surface area contributed by atoms with Gasteiger partial charge in [-0.2, -0.15) is 10.1 Å². The minimum atomic E-state index is -0.439. The molecule has 0 atom stereocenters. The van der Waals surface area contributed by atoms with E-state index in [2.05, 4.69) is 21.0 Å². The molecule has 4 rings (SSSR count). The highest BCUT2D eigenvalue weighted by Crippen LogP contribution is 2.35. The Labute approximate surface area is 161 Å². The minimum absolute atomic E-state index is 0.357. The smallest absolute Gasteiger partial charge is 0.282 e. The monoisotopic (exact) mass is 426 g/mol. The normalized spacial score (nSPS) is 13.7. The first-order valence-corrected chi connectivity index (χ1v) is 9.28. The number of fused-ring (bicyclic) bond motifs is 1. The Balaban J connectivity index is 1.54. The van der Waals surface area contributed by atoms with Gasteiger partial charge in [-0.25, -0.2) is 0 Å². The van der Waals surface area contributed by atoms with Crippen LogP contribution in [-0.2, 0) is 0 Å². The Morgan fingerprint density at radius 1 is 0.962 bits per heavy atom. The molecule has 7 heteroatoms. The van der Waals surface area contributed by atoms with E-state index < -0.39 is 11.8 Å². The molecule has 0 saturated heterocycles. The van der Waals surface area contributed by atoms with Crippen LogP contribution in [0.15, 0.2) is 84.6 Å². The van der Waals surface area contributed by atoms with Crippen LogP contribution >= 0.6 is 27.7 Å². The molecule has 0 bridgehead atoms. The molecule has 1 aliphatic rings. The van der Waals surface area contributed by atoms with Crippen molar-refractivity contribution >= 4 is 45.7 Å². The van der Waals surface area contributed by atoms with E-state index in [1.54, 1.807) is 30.3 Å². The lowest BCUT2D eigenvalue weighted by atomic mass is 10.1. The Kier molecular flexibility index (Phi) is 4.48. The van der Waals surface area contributed by atoms with Crippen LogP contribution in [0.4, 0.5) is 0 Å². The number of carbonyl (C=O) groups is 2. The second kappa shape index (κ2) is 6.93. The van der Waals surface area contributed by atoms with Crippen LogP contribution in [0.2, 0.25) is 0 Å². The van der Waals surface area contributed by atoms with Gasteiger partial charge in [0.1, 0.15) is 5.76 Å². The zero-order valence-corrected chi connectivity index (χ0v) is 15.7. The van der Waals surface area contributed by atoms with Crippen molar-refractivity contribution in [1.82, 2.24) is 5.01 Å². The maximum Gasteiger partial charge on any atom is 0.282 e. The molecule has 0 aliphatic carbocycles. The molecule has 26 heavy (non-hydrogen) atoms. The summed E-state index contributed by atoms with van der Waals surface area (Å²) in [4.78, 5) is 25.6. The topological polar surface area (TPSA) is 62.9 Å². The van der Waals surface area contributed by atoms with Crippen molar-refractivity contribution in [3.05, 3.63) is 82.0 Å². The molecule has 2 heterocycles. The van der Waals surface area contributed by atoms with Gasteiger partial charge in [0.25, 0.3) is 11.8 Å². The van der Waals surface area contributed by atoms with Crippen molar-refractivity contribution in [2.45, 2.75) is 9.99 Å². The van der Waals surface area contributed by atoms with E-state index in [1.165, 1.54) is 18.0 Å². The van der Waals surface area contributed by atoms with Gasteiger partial charge in [0, 0.05) is 11.0 Å². The zero-order valence-electron chi connectivity index (χ0n) is 13.3. The zero-order chi connectivity index (χ0) is 18.1. The molecule has 3 aromatic rings. The lowest BCUT2D eigenvalue weighted by molar-refractivity contribution is 0.0660. The number of amides is 2. The summed E-state index contributed by atoms with van der Waals surface area (Å²) in [5, 5.41) is 5.54. The quantitative estimate of drug-likeness (QED) is 0.442. The fourth-order valence-corrected chi connectivity index (χ4v) is 3.84. The van der Waals surface area contributed by atoms with E-state index in [9.17, 15) is 9.59 Å². The van der Waals surface area contributed by atoms with Gasteiger partial charge in [-0.05, 0) is 40.2 Å². The number of furan rings is 1. The molecule has 5 nitrogen and oxygen atoms in total. The van der Waals surface area contributed by atoms with Crippen LogP contribution in [0.25, 0.3) is 0 Å². The highest BCUT2D eigenvalue weighted by molar-refractivity contribution is 9.10.